The first-order valence-electron chi connectivity index (χ1n) is 9.90. The van der Waals surface area contributed by atoms with Gasteiger partial charge in [-0.15, -0.1) is 0 Å². The zero-order chi connectivity index (χ0) is 23.6. The van der Waals surface area contributed by atoms with Crippen molar-refractivity contribution in [2.24, 2.45) is 0 Å². The second-order valence-corrected chi connectivity index (χ2v) is 8.39. The van der Waals surface area contributed by atoms with E-state index in [0.29, 0.717) is 29.6 Å². The van der Waals surface area contributed by atoms with Crippen LogP contribution in [0.25, 0.3) is 0 Å². The smallest absolute Gasteiger partial charge is 0.414 e. The minimum absolute atomic E-state index is 0.230. The molecule has 0 saturated heterocycles. The molecule has 1 aliphatic heterocycles. The molecule has 4 rings (SSSR count). The van der Waals surface area contributed by atoms with Gasteiger partial charge in [-0.25, -0.2) is 9.59 Å². The van der Waals surface area contributed by atoms with Crippen LogP contribution in [0.4, 0.5) is 15.3 Å². The molecule has 1 heterocycles. The second-order valence-electron chi connectivity index (χ2n) is 6.79. The quantitative estimate of drug-likeness (QED) is 0.320. The maximum Gasteiger partial charge on any atom is 0.414 e. The summed E-state index contributed by atoms with van der Waals surface area (Å²) in [7, 11) is 0. The minimum atomic E-state index is -0.770. The van der Waals surface area contributed by atoms with Crippen molar-refractivity contribution in [1.82, 2.24) is 0 Å². The molecule has 0 saturated carbocycles. The number of carbonyl (C=O) groups excluding carboxylic acids is 2. The summed E-state index contributed by atoms with van der Waals surface area (Å²) in [6.07, 6.45) is -0.414. The van der Waals surface area contributed by atoms with E-state index in [0.717, 1.165) is 15.6 Å². The Labute approximate surface area is 210 Å². The molecule has 0 aliphatic carbocycles. The van der Waals surface area contributed by atoms with Gasteiger partial charge in [0.15, 0.2) is 5.75 Å². The standard InChI is InChI=1S/C16H13BrClNO3.C8H7ClO2/c17-13-8-12(18)9-14-15(13)21-7-6-19(14)16(20)22-10-11-4-2-1-3-5-11;9-8(10)11-6-7-4-2-1-3-5-7/h1-5,8-9H,6-7,10H2;1-5H,6H2. The highest BCUT2D eigenvalue weighted by molar-refractivity contribution is 9.10. The molecule has 9 heteroatoms. The first-order valence-corrected chi connectivity index (χ1v) is 11.4. The Morgan fingerprint density at radius 1 is 0.939 bits per heavy atom. The number of halogens is 3. The first-order chi connectivity index (χ1) is 15.9. The molecule has 0 atom stereocenters. The lowest BCUT2D eigenvalue weighted by molar-refractivity contribution is 0.144. The molecule has 6 nitrogen and oxygen atoms in total. The van der Waals surface area contributed by atoms with Gasteiger partial charge in [0.1, 0.15) is 19.8 Å². The summed E-state index contributed by atoms with van der Waals surface area (Å²) in [4.78, 5) is 24.0. The summed E-state index contributed by atoms with van der Waals surface area (Å²) < 4.78 is 16.2. The van der Waals surface area contributed by atoms with E-state index in [-0.39, 0.29) is 13.2 Å². The molecule has 0 unspecified atom stereocenters. The molecule has 3 aromatic rings. The van der Waals surface area contributed by atoms with Gasteiger partial charge in [0.2, 0.25) is 0 Å². The number of amides is 1. The Morgan fingerprint density at radius 3 is 2.09 bits per heavy atom. The van der Waals surface area contributed by atoms with Gasteiger partial charge in [-0.3, -0.25) is 4.90 Å². The molecule has 0 radical (unpaired) electrons. The average molecular weight is 553 g/mol. The third-order valence-corrected chi connectivity index (χ3v) is 5.38. The highest BCUT2D eigenvalue weighted by Crippen LogP contribution is 2.41. The molecular formula is C24H20BrCl2NO5. The second kappa shape index (κ2) is 12.5. The lowest BCUT2D eigenvalue weighted by Gasteiger charge is -2.29. The summed E-state index contributed by atoms with van der Waals surface area (Å²) in [5.41, 5.74) is 1.72. The number of rotatable bonds is 4. The zero-order valence-corrected chi connectivity index (χ0v) is 20.5. The van der Waals surface area contributed by atoms with Crippen molar-refractivity contribution in [3.05, 3.63) is 93.4 Å². The van der Waals surface area contributed by atoms with Crippen molar-refractivity contribution >= 4 is 56.3 Å². The lowest BCUT2D eigenvalue weighted by atomic mass is 10.2. The topological polar surface area (TPSA) is 65.1 Å². The Kier molecular flexibility index (Phi) is 9.42. The van der Waals surface area contributed by atoms with Crippen LogP contribution in [-0.4, -0.2) is 24.7 Å². The van der Waals surface area contributed by atoms with Crippen LogP contribution in [0, 0.1) is 0 Å². The number of carbonyl (C=O) groups is 2. The van der Waals surface area contributed by atoms with Crippen LogP contribution in [0.3, 0.4) is 0 Å². The van der Waals surface area contributed by atoms with Crippen LogP contribution < -0.4 is 9.64 Å². The fourth-order valence-corrected chi connectivity index (χ4v) is 3.91. The van der Waals surface area contributed by atoms with Crippen molar-refractivity contribution in [2.75, 3.05) is 18.1 Å². The van der Waals surface area contributed by atoms with Gasteiger partial charge in [-0.05, 0) is 39.2 Å². The third-order valence-electron chi connectivity index (χ3n) is 4.46. The average Bonchev–Trinajstić information content (AvgIpc) is 2.82. The SMILES string of the molecule is O=C(Cl)OCc1ccccc1.O=C(OCc1ccccc1)N1CCOc2c(Br)cc(Cl)cc21. The predicted octanol–water partition coefficient (Wildman–Crippen LogP) is 7.20. The normalized spacial score (nSPS) is 11.9. The molecule has 3 aromatic carbocycles. The predicted molar refractivity (Wildman–Crippen MR) is 131 cm³/mol. The largest absolute Gasteiger partial charge is 0.488 e. The number of benzene rings is 3. The maximum atomic E-state index is 12.3. The zero-order valence-electron chi connectivity index (χ0n) is 17.4. The molecule has 172 valence electrons. The van der Waals surface area contributed by atoms with Gasteiger partial charge < -0.3 is 14.2 Å². The monoisotopic (exact) mass is 551 g/mol. The highest BCUT2D eigenvalue weighted by Gasteiger charge is 2.27. The molecule has 0 N–H and O–H groups in total. The van der Waals surface area contributed by atoms with Crippen molar-refractivity contribution in [3.8, 4) is 5.75 Å². The Balaban J connectivity index is 0.000000235. The van der Waals surface area contributed by atoms with Crippen molar-refractivity contribution in [3.63, 3.8) is 0 Å². The number of fused-ring (bicyclic) bond motifs is 1. The summed E-state index contributed by atoms with van der Waals surface area (Å²) in [5, 5.41) is 0.525. The molecular weight excluding hydrogens is 533 g/mol. The van der Waals surface area contributed by atoms with Crippen LogP contribution in [0.15, 0.2) is 77.3 Å². The first kappa shape index (κ1) is 24.9. The maximum absolute atomic E-state index is 12.3. The van der Waals surface area contributed by atoms with Gasteiger partial charge in [-0.2, -0.15) is 0 Å². The number of ether oxygens (including phenoxy) is 3. The fraction of sp³-hybridized carbons (Fsp3) is 0.167. The van der Waals surface area contributed by atoms with E-state index in [1.165, 1.54) is 0 Å². The molecule has 0 bridgehead atoms. The molecule has 1 amide bonds. The highest BCUT2D eigenvalue weighted by atomic mass is 79.9. The summed E-state index contributed by atoms with van der Waals surface area (Å²) in [6, 6.07) is 22.4. The fourth-order valence-electron chi connectivity index (χ4n) is 2.95. The third kappa shape index (κ3) is 7.67. The van der Waals surface area contributed by atoms with Crippen LogP contribution in [-0.2, 0) is 22.7 Å². The molecule has 0 fully saturated rings. The number of nitrogens with zero attached hydrogens (tertiary/aromatic N) is 1. The van der Waals surface area contributed by atoms with E-state index < -0.39 is 11.5 Å². The summed E-state index contributed by atoms with van der Waals surface area (Å²) >= 11 is 14.4. The van der Waals surface area contributed by atoms with Crippen molar-refractivity contribution < 1.29 is 23.8 Å². The van der Waals surface area contributed by atoms with E-state index in [2.05, 4.69) is 20.7 Å². The van der Waals surface area contributed by atoms with Crippen LogP contribution >= 0.6 is 39.1 Å². The van der Waals surface area contributed by atoms with Crippen LogP contribution in [0.5, 0.6) is 5.75 Å². The van der Waals surface area contributed by atoms with E-state index in [1.54, 1.807) is 17.0 Å². The van der Waals surface area contributed by atoms with Crippen LogP contribution in [0.2, 0.25) is 5.02 Å². The van der Waals surface area contributed by atoms with Gasteiger partial charge >= 0.3 is 11.5 Å². The molecule has 33 heavy (non-hydrogen) atoms. The minimum Gasteiger partial charge on any atom is -0.488 e. The molecule has 0 spiro atoms. The number of hydrogen-bond acceptors (Lipinski definition) is 5. The van der Waals surface area contributed by atoms with E-state index in [1.807, 2.05) is 60.7 Å². The van der Waals surface area contributed by atoms with E-state index in [9.17, 15) is 9.59 Å². The van der Waals surface area contributed by atoms with Gasteiger partial charge in [0.05, 0.1) is 16.7 Å². The lowest BCUT2D eigenvalue weighted by Crippen LogP contribution is -2.38. The summed E-state index contributed by atoms with van der Waals surface area (Å²) in [5.74, 6) is 0.604. The number of hydrogen-bond donors (Lipinski definition) is 0. The number of anilines is 1. The van der Waals surface area contributed by atoms with Crippen molar-refractivity contribution in [2.45, 2.75) is 13.2 Å². The molecule has 0 aromatic heterocycles. The van der Waals surface area contributed by atoms with E-state index >= 15 is 0 Å². The van der Waals surface area contributed by atoms with Gasteiger partial charge in [0, 0.05) is 16.6 Å². The van der Waals surface area contributed by atoms with Gasteiger partial charge in [0.25, 0.3) is 0 Å². The summed E-state index contributed by atoms with van der Waals surface area (Å²) in [6.45, 7) is 1.30. The Bertz CT molecular complexity index is 1080. The van der Waals surface area contributed by atoms with Gasteiger partial charge in [-0.1, -0.05) is 72.3 Å². The van der Waals surface area contributed by atoms with Crippen LogP contribution in [0.1, 0.15) is 11.1 Å². The Hall–Kier alpha value is -2.74. The van der Waals surface area contributed by atoms with Crippen molar-refractivity contribution in [1.29, 1.82) is 0 Å². The Morgan fingerprint density at radius 2 is 1.52 bits per heavy atom. The van der Waals surface area contributed by atoms with E-state index in [4.69, 9.17) is 32.7 Å². The molecule has 1 aliphatic rings.